The van der Waals surface area contributed by atoms with Gasteiger partial charge in [0.1, 0.15) is 17.1 Å². The van der Waals surface area contributed by atoms with Crippen LogP contribution in [-0.2, 0) is 14.3 Å². The second-order valence-electron chi connectivity index (χ2n) is 5.95. The second kappa shape index (κ2) is 7.05. The van der Waals surface area contributed by atoms with Gasteiger partial charge in [0.2, 0.25) is 0 Å². The first-order chi connectivity index (χ1) is 10.7. The van der Waals surface area contributed by atoms with Gasteiger partial charge in [-0.05, 0) is 50.5 Å². The molecule has 1 aliphatic rings. The summed E-state index contributed by atoms with van der Waals surface area (Å²) in [6, 6.07) is 0. The van der Waals surface area contributed by atoms with Crippen LogP contribution in [0.1, 0.15) is 42.6 Å². The number of hydrogen-bond acceptors (Lipinski definition) is 5. The zero-order chi connectivity index (χ0) is 17.3. The van der Waals surface area contributed by atoms with E-state index >= 15 is 0 Å². The molecule has 1 aromatic heterocycles. The third-order valence-electron chi connectivity index (χ3n) is 3.75. The van der Waals surface area contributed by atoms with E-state index in [1.54, 1.807) is 25.7 Å². The van der Waals surface area contributed by atoms with Gasteiger partial charge in [0.25, 0.3) is 5.91 Å². The zero-order valence-electron chi connectivity index (χ0n) is 14.0. The van der Waals surface area contributed by atoms with Gasteiger partial charge in [-0.25, -0.2) is 4.79 Å². The lowest BCUT2D eigenvalue weighted by Crippen LogP contribution is -2.51. The molecule has 1 aliphatic heterocycles. The Hall–Kier alpha value is -1.34. The fourth-order valence-electron chi connectivity index (χ4n) is 2.77. The number of aryl methyl sites for hydroxylation is 2. The Morgan fingerprint density at radius 3 is 2.26 bits per heavy atom. The smallest absolute Gasteiger partial charge is 0.343 e. The predicted octanol–water partition coefficient (Wildman–Crippen LogP) is 2.84. The molecule has 2 rings (SSSR count). The minimum Gasteiger partial charge on any atom is -0.465 e. The third-order valence-corrected chi connectivity index (χ3v) is 4.71. The molecule has 1 amide bonds. The highest BCUT2D eigenvalue weighted by atomic mass is 79.9. The van der Waals surface area contributed by atoms with E-state index in [4.69, 9.17) is 13.9 Å². The van der Waals surface area contributed by atoms with Gasteiger partial charge in [0.15, 0.2) is 6.10 Å². The summed E-state index contributed by atoms with van der Waals surface area (Å²) in [5.41, 5.74) is 0.325. The number of amides is 1. The maximum atomic E-state index is 12.5. The van der Waals surface area contributed by atoms with Crippen molar-refractivity contribution in [3.05, 3.63) is 21.6 Å². The molecular formula is C16H22BrNO5. The van der Waals surface area contributed by atoms with Crippen LogP contribution in [0, 0.1) is 13.8 Å². The van der Waals surface area contributed by atoms with Crippen molar-refractivity contribution < 1.29 is 23.5 Å². The van der Waals surface area contributed by atoms with Crippen molar-refractivity contribution >= 4 is 27.8 Å². The molecule has 2 heterocycles. The fourth-order valence-corrected chi connectivity index (χ4v) is 3.30. The summed E-state index contributed by atoms with van der Waals surface area (Å²) in [5.74, 6) is 0.285. The normalized spacial score (nSPS) is 22.8. The van der Waals surface area contributed by atoms with Gasteiger partial charge in [-0.2, -0.15) is 0 Å². The third kappa shape index (κ3) is 3.95. The van der Waals surface area contributed by atoms with E-state index in [2.05, 4.69) is 15.9 Å². The summed E-state index contributed by atoms with van der Waals surface area (Å²) in [5, 5.41) is 0. The Morgan fingerprint density at radius 1 is 1.22 bits per heavy atom. The van der Waals surface area contributed by atoms with Gasteiger partial charge >= 0.3 is 5.97 Å². The van der Waals surface area contributed by atoms with Crippen molar-refractivity contribution in [2.24, 2.45) is 0 Å². The monoisotopic (exact) mass is 387 g/mol. The molecule has 0 N–H and O–H groups in total. The van der Waals surface area contributed by atoms with E-state index in [9.17, 15) is 9.59 Å². The largest absolute Gasteiger partial charge is 0.465 e. The number of furan rings is 1. The number of halogens is 1. The summed E-state index contributed by atoms with van der Waals surface area (Å²) < 4.78 is 16.9. The highest BCUT2D eigenvalue weighted by Crippen LogP contribution is 2.28. The van der Waals surface area contributed by atoms with Crippen LogP contribution in [0.15, 0.2) is 8.89 Å². The molecule has 1 fully saturated rings. The number of nitrogens with zero attached hydrogens (tertiary/aromatic N) is 1. The molecule has 6 nitrogen and oxygen atoms in total. The van der Waals surface area contributed by atoms with E-state index in [1.807, 2.05) is 13.8 Å². The van der Waals surface area contributed by atoms with Crippen molar-refractivity contribution in [2.75, 3.05) is 13.1 Å². The average Bonchev–Trinajstić information content (AvgIpc) is 2.70. The fraction of sp³-hybridized carbons (Fsp3) is 0.625. The first kappa shape index (κ1) is 18.0. The van der Waals surface area contributed by atoms with Gasteiger partial charge in [0, 0.05) is 13.1 Å². The molecule has 0 unspecified atom stereocenters. The molecule has 0 spiro atoms. The second-order valence-corrected chi connectivity index (χ2v) is 6.74. The predicted molar refractivity (Wildman–Crippen MR) is 87.3 cm³/mol. The summed E-state index contributed by atoms with van der Waals surface area (Å²) in [7, 11) is 0. The van der Waals surface area contributed by atoms with Crippen molar-refractivity contribution in [2.45, 2.75) is 52.9 Å². The van der Waals surface area contributed by atoms with Crippen LogP contribution in [0.25, 0.3) is 0 Å². The zero-order valence-corrected chi connectivity index (χ0v) is 15.6. The minimum atomic E-state index is -0.860. The molecule has 128 valence electrons. The molecule has 1 aromatic rings. The van der Waals surface area contributed by atoms with Crippen LogP contribution < -0.4 is 0 Å². The van der Waals surface area contributed by atoms with Crippen LogP contribution in [0.4, 0.5) is 0 Å². The van der Waals surface area contributed by atoms with Crippen molar-refractivity contribution in [1.29, 1.82) is 0 Å². The molecular weight excluding hydrogens is 366 g/mol. The molecule has 1 saturated heterocycles. The topological polar surface area (TPSA) is 69.0 Å². The molecule has 3 atom stereocenters. The van der Waals surface area contributed by atoms with E-state index < -0.39 is 12.1 Å². The summed E-state index contributed by atoms with van der Waals surface area (Å²) >= 11 is 3.31. The summed E-state index contributed by atoms with van der Waals surface area (Å²) in [4.78, 5) is 26.5. The highest BCUT2D eigenvalue weighted by molar-refractivity contribution is 9.10. The summed E-state index contributed by atoms with van der Waals surface area (Å²) in [6.45, 7) is 9.85. The molecule has 0 bridgehead atoms. The number of ether oxygens (including phenoxy) is 2. The average molecular weight is 388 g/mol. The lowest BCUT2D eigenvalue weighted by molar-refractivity contribution is -0.151. The van der Waals surface area contributed by atoms with Gasteiger partial charge in [-0.1, -0.05) is 0 Å². The number of rotatable bonds is 3. The van der Waals surface area contributed by atoms with Gasteiger partial charge < -0.3 is 18.8 Å². The maximum Gasteiger partial charge on any atom is 0.343 e. The van der Waals surface area contributed by atoms with Crippen molar-refractivity contribution in [1.82, 2.24) is 4.90 Å². The number of morpholine rings is 1. The quantitative estimate of drug-likeness (QED) is 0.745. The van der Waals surface area contributed by atoms with Gasteiger partial charge in [-0.3, -0.25) is 4.79 Å². The maximum absolute atomic E-state index is 12.5. The number of carbonyl (C=O) groups is 2. The van der Waals surface area contributed by atoms with E-state index in [0.717, 1.165) is 0 Å². The number of hydrogen-bond donors (Lipinski definition) is 0. The van der Waals surface area contributed by atoms with Crippen molar-refractivity contribution in [3.8, 4) is 0 Å². The lowest BCUT2D eigenvalue weighted by atomic mass is 10.2. The Bertz CT molecular complexity index is 602. The molecule has 0 aromatic carbocycles. The standard InChI is InChI=1S/C16H22BrNO5/c1-8-6-18(7-9(2)21-8)15(19)12(5)23-16(20)13-10(3)22-11(4)14(13)17/h8-9,12H,6-7H2,1-5H3/t8-,9+,12-/m0/s1. The first-order valence-corrected chi connectivity index (χ1v) is 8.40. The Labute approximate surface area is 144 Å². The van der Waals surface area contributed by atoms with Crippen LogP contribution >= 0.6 is 15.9 Å². The minimum absolute atomic E-state index is 0.0292. The van der Waals surface area contributed by atoms with Crippen molar-refractivity contribution in [3.63, 3.8) is 0 Å². The van der Waals surface area contributed by atoms with Crippen LogP contribution in [0.5, 0.6) is 0 Å². The Morgan fingerprint density at radius 2 is 1.78 bits per heavy atom. The highest BCUT2D eigenvalue weighted by Gasteiger charge is 2.31. The van der Waals surface area contributed by atoms with Gasteiger partial charge in [0.05, 0.1) is 16.7 Å². The van der Waals surface area contributed by atoms with Crippen LogP contribution in [0.3, 0.4) is 0 Å². The lowest BCUT2D eigenvalue weighted by Gasteiger charge is -2.36. The van der Waals surface area contributed by atoms with Crippen LogP contribution in [-0.4, -0.2) is 48.2 Å². The Kier molecular flexibility index (Phi) is 5.52. The molecule has 7 heteroatoms. The molecule has 0 radical (unpaired) electrons. The van der Waals surface area contributed by atoms with E-state index in [0.29, 0.717) is 34.6 Å². The molecule has 23 heavy (non-hydrogen) atoms. The number of carbonyl (C=O) groups excluding carboxylic acids is 2. The Balaban J connectivity index is 2.04. The SMILES string of the molecule is Cc1oc(C)c(C(=O)O[C@@H](C)C(=O)N2C[C@@H](C)O[C@@H](C)C2)c1Br. The molecule has 0 saturated carbocycles. The number of esters is 1. The summed E-state index contributed by atoms with van der Waals surface area (Å²) in [6.07, 6.45) is -0.918. The van der Waals surface area contributed by atoms with Crippen LogP contribution in [0.2, 0.25) is 0 Å². The van der Waals surface area contributed by atoms with E-state index in [-0.39, 0.29) is 18.1 Å². The molecule has 0 aliphatic carbocycles. The first-order valence-electron chi connectivity index (χ1n) is 7.61. The van der Waals surface area contributed by atoms with Gasteiger partial charge in [-0.15, -0.1) is 0 Å². The van der Waals surface area contributed by atoms with E-state index in [1.165, 1.54) is 0 Å².